The molecule has 3 aliphatic heterocycles. The van der Waals surface area contributed by atoms with Crippen LogP contribution in [0.15, 0.2) is 121 Å². The number of aliphatic hydroxyl groups excluding tert-OH is 1. The normalized spacial score (nSPS) is 19.3. The van der Waals surface area contributed by atoms with Crippen molar-refractivity contribution < 1.29 is 56.9 Å². The first-order valence-electron chi connectivity index (χ1n) is 32.1. The highest BCUT2D eigenvalue weighted by Crippen LogP contribution is 2.36. The molecule has 3 aromatic carbocycles. The first kappa shape index (κ1) is 67.8. The van der Waals surface area contributed by atoms with Crippen LogP contribution in [0.2, 0.25) is 0 Å². The third-order valence-electron chi connectivity index (χ3n) is 18.3. The number of carbonyl (C=O) groups is 6. The topological polar surface area (TPSA) is 304 Å². The highest BCUT2D eigenvalue weighted by molar-refractivity contribution is 7.14. The van der Waals surface area contributed by atoms with E-state index in [1.165, 1.54) is 14.7 Å². The first-order chi connectivity index (χ1) is 46.6. The van der Waals surface area contributed by atoms with Crippen LogP contribution in [0, 0.1) is 27.7 Å². The van der Waals surface area contributed by atoms with E-state index in [4.69, 9.17) is 23.0 Å². The van der Waals surface area contributed by atoms with Gasteiger partial charge in [-0.15, -0.1) is 34.0 Å². The number of rotatable bonds is 24. The van der Waals surface area contributed by atoms with Gasteiger partial charge in [-0.05, 0) is 88.8 Å². The van der Waals surface area contributed by atoms with Gasteiger partial charge in [0.2, 0.25) is 35.4 Å². The molecule has 8 atom stereocenters. The number of hydrogen-bond donors (Lipinski definition) is 4. The van der Waals surface area contributed by atoms with E-state index in [2.05, 4.69) is 46.4 Å². The van der Waals surface area contributed by atoms with Crippen LogP contribution >= 0.6 is 34.0 Å². The van der Waals surface area contributed by atoms with E-state index >= 15 is 0 Å². The molecule has 0 radical (unpaired) electrons. The van der Waals surface area contributed by atoms with Gasteiger partial charge in [-0.1, -0.05) is 88.3 Å². The fourth-order valence-electron chi connectivity index (χ4n) is 12.6. The number of hydrogen-bond acceptors (Lipinski definition) is 21. The maximum absolute atomic E-state index is 14.8. The Labute approximate surface area is 572 Å². The summed E-state index contributed by atoms with van der Waals surface area (Å²) < 4.78 is 29.9. The molecule has 9 heterocycles. The van der Waals surface area contributed by atoms with Gasteiger partial charge in [0.25, 0.3) is 0 Å². The average Bonchev–Trinajstić information content (AvgIpc) is 1.65. The molecular formula is C70H76N12O12S3. The Morgan fingerprint density at radius 1 is 0.536 bits per heavy atom. The van der Waals surface area contributed by atoms with Crippen molar-refractivity contribution in [3.63, 3.8) is 0 Å². The van der Waals surface area contributed by atoms with Crippen LogP contribution in [-0.2, 0) is 76.5 Å². The van der Waals surface area contributed by atoms with E-state index < -0.39 is 65.5 Å². The summed E-state index contributed by atoms with van der Waals surface area (Å²) in [6, 6.07) is 25.8. The fourth-order valence-corrected chi connectivity index (χ4v) is 15.0. The SMILES string of the molecule is Cc1cc(C(C)(C)C(=O)N2C[C@H](OCc3cc([C@H](C)C(=O)N4C[C@H](OCc5cc([C@@H](C)C(=O)N6C[C@H](O)C[C@H]6C(=O)NCc6ccc(-c7scnc7C)cc6)on5)C[C@H]4C(=O)NCc4ccc(-c5scnc5C)cc4)on3)C[C@H]2C(=O)NCc2ccc(-c3scnc3C)cc2)on1. The number of benzene rings is 3. The zero-order valence-electron chi connectivity index (χ0n) is 55.0. The maximum atomic E-state index is 14.8. The third kappa shape index (κ3) is 15.2. The van der Waals surface area contributed by atoms with Gasteiger partial charge in [-0.2, -0.15) is 0 Å². The summed E-state index contributed by atoms with van der Waals surface area (Å²) in [7, 11) is 0. The van der Waals surface area contributed by atoms with E-state index in [1.54, 1.807) is 97.8 Å². The number of likely N-dealkylation sites (tertiary alicyclic amines) is 3. The van der Waals surface area contributed by atoms with Gasteiger partial charge in [0, 0.05) is 76.7 Å². The van der Waals surface area contributed by atoms with Crippen LogP contribution in [0.4, 0.5) is 0 Å². The molecule has 0 saturated carbocycles. The van der Waals surface area contributed by atoms with Crippen LogP contribution in [0.25, 0.3) is 31.3 Å². The average molecular weight is 1370 g/mol. The zero-order valence-corrected chi connectivity index (χ0v) is 57.4. The Morgan fingerprint density at radius 2 is 0.918 bits per heavy atom. The number of aliphatic hydroxyl groups is 1. The lowest BCUT2D eigenvalue weighted by Crippen LogP contribution is -2.51. The molecule has 9 aromatic rings. The standard InChI is InChI=1S/C70H76N12O12S3/c1-38-21-60(94-77-38)70(7,8)69(89)82-32-54(26-57(82)66(86)73-29-46-13-19-49(20-14-46)63-43(6)76-37-97-63)91-34-51-23-59(93-79-51)40(3)68(88)81-31-53(25-56(81)65(85)72-28-45-11-17-48(18-12-45)62-42(5)75-36-96-62)90-33-50-22-58(92-78-50)39(2)67(87)80-30-52(83)24-55(80)64(84)71-27-44-9-15-47(16-10-44)61-41(4)74-35-95-61/h9-23,35-37,39-40,52-57,83H,24-34H2,1-8H3,(H,71,84)(H,72,85)(H,73,86)/t39-,40+,52-,53-,54-,55+,56+,57+/m1/s1. The Bertz CT molecular complexity index is 4290. The molecule has 0 spiro atoms. The van der Waals surface area contributed by atoms with E-state index in [1.807, 2.05) is 99.1 Å². The number of amides is 6. The maximum Gasteiger partial charge on any atom is 0.243 e. The molecule has 6 amide bonds. The minimum Gasteiger partial charge on any atom is -0.391 e. The Kier molecular flexibility index (Phi) is 20.5. The zero-order chi connectivity index (χ0) is 68.2. The number of nitrogens with zero attached hydrogens (tertiary/aromatic N) is 9. The van der Waals surface area contributed by atoms with Crippen molar-refractivity contribution in [3.8, 4) is 31.3 Å². The van der Waals surface area contributed by atoms with Gasteiger partial charge in [0.05, 0.1) is 97.3 Å². The highest BCUT2D eigenvalue weighted by atomic mass is 32.1. The number of thiazole rings is 3. The summed E-state index contributed by atoms with van der Waals surface area (Å²) >= 11 is 4.67. The second-order valence-electron chi connectivity index (χ2n) is 25.6. The van der Waals surface area contributed by atoms with Gasteiger partial charge in [-0.3, -0.25) is 28.8 Å². The van der Waals surface area contributed by atoms with E-state index in [9.17, 15) is 33.9 Å². The van der Waals surface area contributed by atoms with E-state index in [-0.39, 0.29) is 107 Å². The van der Waals surface area contributed by atoms with Crippen molar-refractivity contribution in [1.82, 2.24) is 61.1 Å². The minimum absolute atomic E-state index is 0.0320. The number of aromatic nitrogens is 6. The molecule has 4 N–H and O–H groups in total. The summed E-state index contributed by atoms with van der Waals surface area (Å²) in [5, 5.41) is 32.3. The molecule has 24 nitrogen and oxygen atoms in total. The second kappa shape index (κ2) is 29.3. The molecule has 3 fully saturated rings. The Balaban J connectivity index is 0.683. The highest BCUT2D eigenvalue weighted by Gasteiger charge is 2.48. The van der Waals surface area contributed by atoms with Crippen LogP contribution in [0.1, 0.15) is 127 Å². The summed E-state index contributed by atoms with van der Waals surface area (Å²) in [5.41, 5.74) is 14.1. The summed E-state index contributed by atoms with van der Waals surface area (Å²) in [6.45, 7) is 15.0. The fraction of sp³-hybridized carbons (Fsp3) is 0.400. The number of β-amino-alcohol motifs (C(OH)–C–C–N with tert-alkyl or cyclic N) is 1. The lowest BCUT2D eigenvalue weighted by atomic mass is 9.88. The Morgan fingerprint density at radius 3 is 1.30 bits per heavy atom. The van der Waals surface area contributed by atoms with Crippen molar-refractivity contribution in [2.24, 2.45) is 0 Å². The van der Waals surface area contributed by atoms with Crippen LogP contribution in [0.5, 0.6) is 0 Å². The quantitative estimate of drug-likeness (QED) is 0.0438. The lowest BCUT2D eigenvalue weighted by molar-refractivity contribution is -0.143. The summed E-state index contributed by atoms with van der Waals surface area (Å²) in [5.74, 6) is -3.28. The first-order valence-corrected chi connectivity index (χ1v) is 34.8. The van der Waals surface area contributed by atoms with Crippen LogP contribution < -0.4 is 16.0 Å². The van der Waals surface area contributed by atoms with Gasteiger partial charge in [0.1, 0.15) is 46.4 Å². The summed E-state index contributed by atoms with van der Waals surface area (Å²) in [4.78, 5) is 106. The molecule has 0 bridgehead atoms. The van der Waals surface area contributed by atoms with Gasteiger partial charge < -0.3 is 58.8 Å². The molecule has 0 aliphatic carbocycles. The van der Waals surface area contributed by atoms with Crippen molar-refractivity contribution in [3.05, 3.63) is 176 Å². The third-order valence-corrected chi connectivity index (χ3v) is 21.2. The molecule has 97 heavy (non-hydrogen) atoms. The van der Waals surface area contributed by atoms with Gasteiger partial charge in [-0.25, -0.2) is 15.0 Å². The molecule has 6 aromatic heterocycles. The van der Waals surface area contributed by atoms with E-state index in [0.29, 0.717) is 22.8 Å². The molecule has 3 aliphatic rings. The number of ether oxygens (including phenoxy) is 2. The number of carbonyl (C=O) groups excluding carboxylic acids is 6. The van der Waals surface area contributed by atoms with Crippen molar-refractivity contribution >= 4 is 69.5 Å². The van der Waals surface area contributed by atoms with Crippen LogP contribution in [-0.4, -0.2) is 142 Å². The minimum atomic E-state index is -1.17. The molecule has 27 heteroatoms. The Hall–Kier alpha value is -9.12. The predicted molar refractivity (Wildman–Crippen MR) is 360 cm³/mol. The smallest absolute Gasteiger partial charge is 0.243 e. The second-order valence-corrected chi connectivity index (χ2v) is 28.2. The molecule has 12 rings (SSSR count). The van der Waals surface area contributed by atoms with Gasteiger partial charge >= 0.3 is 0 Å². The van der Waals surface area contributed by atoms with Crippen LogP contribution in [0.3, 0.4) is 0 Å². The van der Waals surface area contributed by atoms with E-state index in [0.717, 1.165) is 65.1 Å². The number of aryl methyl sites for hydroxylation is 4. The van der Waals surface area contributed by atoms with Crippen molar-refractivity contribution in [2.45, 2.75) is 161 Å². The summed E-state index contributed by atoms with van der Waals surface area (Å²) in [6.07, 6.45) is -1.74. The predicted octanol–water partition coefficient (Wildman–Crippen LogP) is 9.02. The monoisotopic (exact) mass is 1370 g/mol. The van der Waals surface area contributed by atoms with Crippen molar-refractivity contribution in [2.75, 3.05) is 19.6 Å². The molecule has 506 valence electrons. The largest absolute Gasteiger partial charge is 0.391 e. The molecule has 0 unspecified atom stereocenters. The lowest BCUT2D eigenvalue weighted by Gasteiger charge is -2.31. The van der Waals surface area contributed by atoms with Gasteiger partial charge in [0.15, 0.2) is 5.76 Å². The molecular weight excluding hydrogens is 1300 g/mol. The number of nitrogens with one attached hydrogen (secondary N) is 3. The van der Waals surface area contributed by atoms with Crippen molar-refractivity contribution in [1.29, 1.82) is 0 Å². The molecule has 3 saturated heterocycles.